The fraction of sp³-hybridized carbons (Fsp3) is 0.556. The monoisotopic (exact) mass is 196 g/mol. The number of nitrogens with two attached hydrogens (primary N) is 1. The molecule has 0 saturated heterocycles. The van der Waals surface area contributed by atoms with Gasteiger partial charge in [-0.15, -0.1) is 0 Å². The number of hydrogen-bond donors (Lipinski definition) is 2. The Labute approximate surface area is 83.7 Å². The van der Waals surface area contributed by atoms with Crippen molar-refractivity contribution in [3.63, 3.8) is 0 Å². The van der Waals surface area contributed by atoms with E-state index >= 15 is 0 Å². The van der Waals surface area contributed by atoms with Crippen LogP contribution in [0, 0.1) is 0 Å². The number of anilines is 1. The quantitative estimate of drug-likeness (QED) is 0.682. The second kappa shape index (κ2) is 6.28. The van der Waals surface area contributed by atoms with Crippen molar-refractivity contribution in [3.8, 4) is 0 Å². The molecule has 78 valence electrons. The summed E-state index contributed by atoms with van der Waals surface area (Å²) < 4.78 is 5.07. The molecule has 0 saturated carbocycles. The minimum Gasteiger partial charge on any atom is -0.383 e. The van der Waals surface area contributed by atoms with Gasteiger partial charge in [-0.25, -0.2) is 9.97 Å². The smallest absolute Gasteiger partial charge is 0.129 e. The largest absolute Gasteiger partial charge is 0.383 e. The molecule has 0 radical (unpaired) electrons. The van der Waals surface area contributed by atoms with Gasteiger partial charge in [-0.3, -0.25) is 0 Å². The molecule has 1 aromatic rings. The first-order chi connectivity index (χ1) is 6.86. The molecule has 1 heterocycles. The highest BCUT2D eigenvalue weighted by molar-refractivity contribution is 5.32. The van der Waals surface area contributed by atoms with Gasteiger partial charge in [0.2, 0.25) is 0 Å². The SMILES string of the molecule is COCC(CCN)Nc1ccncn1. The number of hydrogen-bond acceptors (Lipinski definition) is 5. The Bertz CT molecular complexity index is 236. The van der Waals surface area contributed by atoms with Crippen LogP contribution in [0.1, 0.15) is 6.42 Å². The summed E-state index contributed by atoms with van der Waals surface area (Å²) in [5, 5.41) is 3.22. The van der Waals surface area contributed by atoms with Gasteiger partial charge in [-0.2, -0.15) is 0 Å². The first-order valence-electron chi connectivity index (χ1n) is 4.58. The highest BCUT2D eigenvalue weighted by atomic mass is 16.5. The van der Waals surface area contributed by atoms with Gasteiger partial charge in [0.25, 0.3) is 0 Å². The zero-order valence-electron chi connectivity index (χ0n) is 8.31. The van der Waals surface area contributed by atoms with E-state index in [4.69, 9.17) is 10.5 Å². The van der Waals surface area contributed by atoms with Crippen molar-refractivity contribution in [3.05, 3.63) is 18.6 Å². The Balaban J connectivity index is 2.46. The van der Waals surface area contributed by atoms with Gasteiger partial charge < -0.3 is 15.8 Å². The normalized spacial score (nSPS) is 12.4. The molecule has 3 N–H and O–H groups in total. The maximum Gasteiger partial charge on any atom is 0.129 e. The Morgan fingerprint density at radius 2 is 2.50 bits per heavy atom. The Morgan fingerprint density at radius 1 is 1.64 bits per heavy atom. The van der Waals surface area contributed by atoms with Gasteiger partial charge in [0.15, 0.2) is 0 Å². The summed E-state index contributed by atoms with van der Waals surface area (Å²) in [7, 11) is 1.67. The molecule has 1 rings (SSSR count). The van der Waals surface area contributed by atoms with E-state index in [1.54, 1.807) is 13.3 Å². The van der Waals surface area contributed by atoms with E-state index in [1.165, 1.54) is 6.33 Å². The third-order valence-electron chi connectivity index (χ3n) is 1.82. The number of methoxy groups -OCH3 is 1. The van der Waals surface area contributed by atoms with Crippen molar-refractivity contribution in [1.82, 2.24) is 9.97 Å². The molecule has 0 bridgehead atoms. The maximum absolute atomic E-state index is 5.49. The van der Waals surface area contributed by atoms with Crippen LogP contribution in [0.15, 0.2) is 18.6 Å². The molecule has 0 aromatic carbocycles. The molecule has 0 aliphatic rings. The molecule has 1 unspecified atom stereocenters. The van der Waals surface area contributed by atoms with Crippen molar-refractivity contribution in [1.29, 1.82) is 0 Å². The van der Waals surface area contributed by atoms with Crippen LogP contribution in [-0.2, 0) is 4.74 Å². The predicted molar refractivity (Wildman–Crippen MR) is 55.0 cm³/mol. The van der Waals surface area contributed by atoms with Crippen molar-refractivity contribution in [2.45, 2.75) is 12.5 Å². The molecule has 5 heteroatoms. The third kappa shape index (κ3) is 3.68. The van der Waals surface area contributed by atoms with E-state index in [1.807, 2.05) is 6.07 Å². The van der Waals surface area contributed by atoms with Crippen molar-refractivity contribution in [2.75, 3.05) is 25.6 Å². The highest BCUT2D eigenvalue weighted by Gasteiger charge is 2.06. The van der Waals surface area contributed by atoms with Crippen LogP contribution in [0.4, 0.5) is 5.82 Å². The van der Waals surface area contributed by atoms with Gasteiger partial charge in [0, 0.05) is 13.3 Å². The van der Waals surface area contributed by atoms with E-state index in [0.29, 0.717) is 13.2 Å². The number of nitrogens with zero attached hydrogens (tertiary/aromatic N) is 2. The molecular weight excluding hydrogens is 180 g/mol. The predicted octanol–water partition coefficient (Wildman–Crippen LogP) is 0.252. The lowest BCUT2D eigenvalue weighted by molar-refractivity contribution is 0.183. The van der Waals surface area contributed by atoms with Crippen molar-refractivity contribution >= 4 is 5.82 Å². The molecule has 0 spiro atoms. The first kappa shape index (κ1) is 10.9. The summed E-state index contributed by atoms with van der Waals surface area (Å²) in [4.78, 5) is 7.90. The van der Waals surface area contributed by atoms with Crippen LogP contribution in [0.2, 0.25) is 0 Å². The van der Waals surface area contributed by atoms with E-state index in [0.717, 1.165) is 12.2 Å². The van der Waals surface area contributed by atoms with Crippen LogP contribution in [0.25, 0.3) is 0 Å². The zero-order chi connectivity index (χ0) is 10.2. The lowest BCUT2D eigenvalue weighted by Crippen LogP contribution is -2.28. The minimum atomic E-state index is 0.208. The number of nitrogens with one attached hydrogen (secondary N) is 1. The van der Waals surface area contributed by atoms with E-state index < -0.39 is 0 Å². The second-order valence-corrected chi connectivity index (χ2v) is 2.97. The van der Waals surface area contributed by atoms with Crippen LogP contribution in [-0.4, -0.2) is 36.3 Å². The zero-order valence-corrected chi connectivity index (χ0v) is 8.31. The number of aromatic nitrogens is 2. The Hall–Kier alpha value is -1.20. The summed E-state index contributed by atoms with van der Waals surface area (Å²) in [6.07, 6.45) is 4.06. The van der Waals surface area contributed by atoms with E-state index in [-0.39, 0.29) is 6.04 Å². The van der Waals surface area contributed by atoms with E-state index in [2.05, 4.69) is 15.3 Å². The maximum atomic E-state index is 5.49. The standard InChI is InChI=1S/C9H16N4O/c1-14-6-8(2-4-10)13-9-3-5-11-7-12-9/h3,5,7-8H,2,4,6,10H2,1H3,(H,11,12,13). The van der Waals surface area contributed by atoms with Crippen LogP contribution in [0.3, 0.4) is 0 Å². The summed E-state index contributed by atoms with van der Waals surface area (Å²) in [5.74, 6) is 0.801. The molecule has 0 fully saturated rings. The number of ether oxygens (including phenoxy) is 1. The summed E-state index contributed by atoms with van der Waals surface area (Å²) >= 11 is 0. The first-order valence-corrected chi connectivity index (χ1v) is 4.58. The summed E-state index contributed by atoms with van der Waals surface area (Å²) in [6.45, 7) is 1.26. The van der Waals surface area contributed by atoms with Crippen molar-refractivity contribution in [2.24, 2.45) is 5.73 Å². The lowest BCUT2D eigenvalue weighted by atomic mass is 10.2. The third-order valence-corrected chi connectivity index (χ3v) is 1.82. The Morgan fingerprint density at radius 3 is 3.07 bits per heavy atom. The molecule has 5 nitrogen and oxygen atoms in total. The average molecular weight is 196 g/mol. The molecule has 0 aliphatic carbocycles. The second-order valence-electron chi connectivity index (χ2n) is 2.97. The van der Waals surface area contributed by atoms with Gasteiger partial charge in [-0.05, 0) is 19.0 Å². The minimum absolute atomic E-state index is 0.208. The van der Waals surface area contributed by atoms with Gasteiger partial charge in [0.05, 0.1) is 12.6 Å². The van der Waals surface area contributed by atoms with E-state index in [9.17, 15) is 0 Å². The van der Waals surface area contributed by atoms with Crippen molar-refractivity contribution < 1.29 is 4.74 Å². The molecule has 0 aliphatic heterocycles. The van der Waals surface area contributed by atoms with Gasteiger partial charge >= 0.3 is 0 Å². The molecule has 14 heavy (non-hydrogen) atoms. The number of rotatable bonds is 6. The highest BCUT2D eigenvalue weighted by Crippen LogP contribution is 2.03. The fourth-order valence-electron chi connectivity index (χ4n) is 1.18. The fourth-order valence-corrected chi connectivity index (χ4v) is 1.18. The van der Waals surface area contributed by atoms with Crippen LogP contribution < -0.4 is 11.1 Å². The van der Waals surface area contributed by atoms with Gasteiger partial charge in [0.1, 0.15) is 12.1 Å². The van der Waals surface area contributed by atoms with Crippen LogP contribution in [0.5, 0.6) is 0 Å². The lowest BCUT2D eigenvalue weighted by Gasteiger charge is -2.17. The summed E-state index contributed by atoms with van der Waals surface area (Å²) in [5.41, 5.74) is 5.49. The van der Waals surface area contributed by atoms with Crippen LogP contribution >= 0.6 is 0 Å². The molecule has 0 amide bonds. The summed E-state index contributed by atoms with van der Waals surface area (Å²) in [6, 6.07) is 2.03. The molecular formula is C9H16N4O. The Kier molecular flexibility index (Phi) is 4.88. The topological polar surface area (TPSA) is 73.1 Å². The average Bonchev–Trinajstić information content (AvgIpc) is 2.20. The van der Waals surface area contributed by atoms with Gasteiger partial charge in [-0.1, -0.05) is 0 Å². The molecule has 1 atom stereocenters. The molecule has 1 aromatic heterocycles.